The van der Waals surface area contributed by atoms with Gasteiger partial charge in [0.05, 0.1) is 5.39 Å². The molecule has 0 saturated carbocycles. The molecule has 3 N–H and O–H groups in total. The molecule has 2 aromatic heterocycles. The summed E-state index contributed by atoms with van der Waals surface area (Å²) in [5.74, 6) is -0.327. The summed E-state index contributed by atoms with van der Waals surface area (Å²) in [6.07, 6.45) is 0. The maximum atomic E-state index is 12.6. The van der Waals surface area contributed by atoms with Gasteiger partial charge in [-0.3, -0.25) is 4.79 Å². The number of nitrogens with one attached hydrogen (secondary N) is 1. The zero-order valence-corrected chi connectivity index (χ0v) is 15.9. The molecule has 0 aliphatic heterocycles. The van der Waals surface area contributed by atoms with E-state index in [2.05, 4.69) is 25.4 Å². The maximum absolute atomic E-state index is 12.6. The topological polar surface area (TPSA) is 138 Å². The van der Waals surface area contributed by atoms with E-state index in [-0.39, 0.29) is 35.6 Å². The molecular weight excluding hydrogens is 386 g/mol. The molecule has 2 heterocycles. The standard InChI is InChI=1S/C20H17N7O3/c1-27-17(28)14-10-6-5-9-13(14)16(26-27)18(29)30-11-15-23-19(21)25-20(24-15)22-12-7-3-2-4-8-12/h2-10H,11H2,1H3,(H3,21,22,23,24,25). The van der Waals surface area contributed by atoms with Crippen LogP contribution in [0.25, 0.3) is 10.8 Å². The van der Waals surface area contributed by atoms with E-state index in [9.17, 15) is 9.59 Å². The number of ether oxygens (including phenoxy) is 1. The molecule has 0 unspecified atom stereocenters. The van der Waals surface area contributed by atoms with E-state index in [1.807, 2.05) is 30.3 Å². The highest BCUT2D eigenvalue weighted by molar-refractivity contribution is 6.02. The molecule has 0 amide bonds. The lowest BCUT2D eigenvalue weighted by Crippen LogP contribution is -2.24. The summed E-state index contributed by atoms with van der Waals surface area (Å²) < 4.78 is 6.42. The van der Waals surface area contributed by atoms with Gasteiger partial charge in [-0.25, -0.2) is 9.48 Å². The molecule has 30 heavy (non-hydrogen) atoms. The molecule has 0 atom stereocenters. The van der Waals surface area contributed by atoms with Gasteiger partial charge in [0, 0.05) is 18.1 Å². The number of hydrogen-bond acceptors (Lipinski definition) is 9. The molecule has 0 bridgehead atoms. The van der Waals surface area contributed by atoms with Gasteiger partial charge in [0.25, 0.3) is 5.56 Å². The second kappa shape index (κ2) is 7.95. The second-order valence-corrected chi connectivity index (χ2v) is 6.32. The van der Waals surface area contributed by atoms with Gasteiger partial charge in [0.2, 0.25) is 11.9 Å². The van der Waals surface area contributed by atoms with Crippen LogP contribution in [0.15, 0.2) is 59.4 Å². The lowest BCUT2D eigenvalue weighted by atomic mass is 10.1. The number of nitrogens with zero attached hydrogens (tertiary/aromatic N) is 5. The van der Waals surface area contributed by atoms with Crippen molar-refractivity contribution in [3.05, 3.63) is 76.5 Å². The van der Waals surface area contributed by atoms with E-state index in [0.717, 1.165) is 10.4 Å². The number of hydrogen-bond donors (Lipinski definition) is 2. The molecule has 10 nitrogen and oxygen atoms in total. The van der Waals surface area contributed by atoms with Crippen LogP contribution in [0.4, 0.5) is 17.6 Å². The lowest BCUT2D eigenvalue weighted by molar-refractivity contribution is 0.0455. The van der Waals surface area contributed by atoms with E-state index >= 15 is 0 Å². The van der Waals surface area contributed by atoms with Crippen molar-refractivity contribution in [3.8, 4) is 0 Å². The molecule has 0 aliphatic carbocycles. The fourth-order valence-corrected chi connectivity index (χ4v) is 2.86. The van der Waals surface area contributed by atoms with Gasteiger partial charge >= 0.3 is 5.97 Å². The minimum absolute atomic E-state index is 0.0137. The van der Waals surface area contributed by atoms with Crippen molar-refractivity contribution < 1.29 is 9.53 Å². The Morgan fingerprint density at radius 3 is 2.50 bits per heavy atom. The molecule has 0 fully saturated rings. The Labute approximate surface area is 170 Å². The number of carbonyl (C=O) groups excluding carboxylic acids is 1. The van der Waals surface area contributed by atoms with Crippen LogP contribution in [0.1, 0.15) is 16.3 Å². The third-order valence-electron chi connectivity index (χ3n) is 4.21. The fraction of sp³-hybridized carbons (Fsp3) is 0.100. The number of fused-ring (bicyclic) bond motifs is 1. The Hall–Kier alpha value is -4.34. The van der Waals surface area contributed by atoms with E-state index in [1.54, 1.807) is 24.3 Å². The number of rotatable bonds is 5. The largest absolute Gasteiger partial charge is 0.453 e. The summed E-state index contributed by atoms with van der Waals surface area (Å²) in [5.41, 5.74) is 6.24. The summed E-state index contributed by atoms with van der Waals surface area (Å²) in [5, 5.41) is 7.84. The highest BCUT2D eigenvalue weighted by atomic mass is 16.5. The van der Waals surface area contributed by atoms with Crippen molar-refractivity contribution in [1.29, 1.82) is 0 Å². The monoisotopic (exact) mass is 403 g/mol. The van der Waals surface area contributed by atoms with E-state index in [1.165, 1.54) is 7.05 Å². The van der Waals surface area contributed by atoms with Crippen LogP contribution in [0.5, 0.6) is 0 Å². The first-order valence-corrected chi connectivity index (χ1v) is 8.97. The molecule has 2 aromatic carbocycles. The van der Waals surface area contributed by atoms with E-state index < -0.39 is 5.97 Å². The second-order valence-electron chi connectivity index (χ2n) is 6.32. The first-order chi connectivity index (χ1) is 14.5. The molecule has 0 saturated heterocycles. The average molecular weight is 403 g/mol. The molecule has 4 rings (SSSR count). The number of aromatic nitrogens is 5. The Morgan fingerprint density at radius 2 is 1.73 bits per heavy atom. The molecule has 0 radical (unpaired) electrons. The quantitative estimate of drug-likeness (QED) is 0.478. The zero-order valence-electron chi connectivity index (χ0n) is 15.9. The summed E-state index contributed by atoms with van der Waals surface area (Å²) in [6.45, 7) is -0.242. The summed E-state index contributed by atoms with van der Waals surface area (Å²) >= 11 is 0. The van der Waals surface area contributed by atoms with Crippen LogP contribution in [-0.2, 0) is 18.4 Å². The Balaban J connectivity index is 1.56. The number of anilines is 3. The third-order valence-corrected chi connectivity index (χ3v) is 4.21. The van der Waals surface area contributed by atoms with Gasteiger partial charge in [-0.2, -0.15) is 20.1 Å². The Bertz CT molecular complexity index is 1290. The lowest BCUT2D eigenvalue weighted by Gasteiger charge is -2.09. The maximum Gasteiger partial charge on any atom is 0.359 e. The predicted octanol–water partition coefficient (Wildman–Crippen LogP) is 1.80. The summed E-state index contributed by atoms with van der Waals surface area (Å²) in [6, 6.07) is 16.0. The van der Waals surface area contributed by atoms with Crippen molar-refractivity contribution in [2.45, 2.75) is 6.61 Å². The highest BCUT2D eigenvalue weighted by Gasteiger charge is 2.18. The molecule has 4 aromatic rings. The van der Waals surface area contributed by atoms with Crippen molar-refractivity contribution in [2.75, 3.05) is 11.1 Å². The third kappa shape index (κ3) is 3.92. The minimum Gasteiger partial charge on any atom is -0.453 e. The number of para-hydroxylation sites is 1. The van der Waals surface area contributed by atoms with Crippen LogP contribution in [0.3, 0.4) is 0 Å². The number of nitrogen functional groups attached to an aromatic ring is 1. The van der Waals surface area contributed by atoms with Crippen LogP contribution in [-0.4, -0.2) is 30.7 Å². The van der Waals surface area contributed by atoms with Crippen molar-refractivity contribution in [3.63, 3.8) is 0 Å². The van der Waals surface area contributed by atoms with Crippen LogP contribution in [0, 0.1) is 0 Å². The number of aryl methyl sites for hydroxylation is 1. The van der Waals surface area contributed by atoms with Crippen molar-refractivity contribution >= 4 is 34.3 Å². The SMILES string of the molecule is Cn1nc(C(=O)OCc2nc(N)nc(Nc3ccccc3)n2)c2ccccc2c1=O. The predicted molar refractivity (Wildman–Crippen MR) is 110 cm³/mol. The van der Waals surface area contributed by atoms with Gasteiger partial charge in [-0.05, 0) is 18.2 Å². The van der Waals surface area contributed by atoms with E-state index in [0.29, 0.717) is 10.8 Å². The fourth-order valence-electron chi connectivity index (χ4n) is 2.86. The zero-order chi connectivity index (χ0) is 21.1. The van der Waals surface area contributed by atoms with Gasteiger partial charge in [-0.15, -0.1) is 0 Å². The summed E-state index contributed by atoms with van der Waals surface area (Å²) in [4.78, 5) is 37.1. The Morgan fingerprint density at radius 1 is 1.03 bits per heavy atom. The number of esters is 1. The van der Waals surface area contributed by atoms with Crippen molar-refractivity contribution in [2.24, 2.45) is 7.05 Å². The smallest absolute Gasteiger partial charge is 0.359 e. The van der Waals surface area contributed by atoms with Gasteiger partial charge < -0.3 is 15.8 Å². The van der Waals surface area contributed by atoms with Crippen LogP contribution in [0.2, 0.25) is 0 Å². The van der Waals surface area contributed by atoms with E-state index in [4.69, 9.17) is 10.5 Å². The van der Waals surface area contributed by atoms with Gasteiger partial charge in [0.1, 0.15) is 0 Å². The first kappa shape index (κ1) is 19.0. The summed E-state index contributed by atoms with van der Waals surface area (Å²) in [7, 11) is 1.47. The molecule has 0 aliphatic rings. The highest BCUT2D eigenvalue weighted by Crippen LogP contribution is 2.16. The normalized spacial score (nSPS) is 10.7. The number of nitrogens with two attached hydrogens (primary N) is 1. The molecule has 0 spiro atoms. The van der Waals surface area contributed by atoms with Gasteiger partial charge in [0.15, 0.2) is 18.1 Å². The van der Waals surface area contributed by atoms with Crippen molar-refractivity contribution in [1.82, 2.24) is 24.7 Å². The molecular formula is C20H17N7O3. The first-order valence-electron chi connectivity index (χ1n) is 8.97. The molecule has 10 heteroatoms. The minimum atomic E-state index is -0.710. The van der Waals surface area contributed by atoms with Crippen LogP contribution < -0.4 is 16.6 Å². The van der Waals surface area contributed by atoms with Gasteiger partial charge in [-0.1, -0.05) is 36.4 Å². The van der Waals surface area contributed by atoms with Crippen LogP contribution >= 0.6 is 0 Å². The number of carbonyl (C=O) groups is 1. The average Bonchev–Trinajstić information content (AvgIpc) is 2.75. The number of benzene rings is 2. The Kier molecular flexibility index (Phi) is 5.04. The molecule has 150 valence electrons.